The maximum atomic E-state index is 8.73. The zero-order valence-electron chi connectivity index (χ0n) is 7.07. The average molecular weight is 177 g/mol. The molecule has 0 N–H and O–H groups in total. The SMILES string of the molecule is C#Cc1c(C#N)cc(C#N)cc1C#N. The number of hydrogen-bond donors (Lipinski definition) is 0. The molecule has 0 spiro atoms. The molecule has 0 aromatic heterocycles. The molecule has 1 aromatic carbocycles. The van der Waals surface area contributed by atoms with E-state index in [9.17, 15) is 0 Å². The second-order valence-electron chi connectivity index (χ2n) is 2.43. The summed E-state index contributed by atoms with van der Waals surface area (Å²) in [6.07, 6.45) is 5.16. The smallest absolute Gasteiger partial charge is 0.101 e. The number of rotatable bonds is 0. The van der Waals surface area contributed by atoms with Crippen molar-refractivity contribution in [3.8, 4) is 30.6 Å². The van der Waals surface area contributed by atoms with Gasteiger partial charge in [0.1, 0.15) is 12.1 Å². The fraction of sp³-hybridized carbons (Fsp3) is 0. The van der Waals surface area contributed by atoms with Gasteiger partial charge in [-0.2, -0.15) is 15.8 Å². The Morgan fingerprint density at radius 2 is 1.43 bits per heavy atom. The molecule has 14 heavy (non-hydrogen) atoms. The first-order valence-corrected chi connectivity index (χ1v) is 3.61. The molecule has 3 heteroatoms. The van der Waals surface area contributed by atoms with Crippen LogP contribution in [0.2, 0.25) is 0 Å². The van der Waals surface area contributed by atoms with Gasteiger partial charge in [0.15, 0.2) is 0 Å². The second kappa shape index (κ2) is 3.77. The Labute approximate surface area is 81.4 Å². The van der Waals surface area contributed by atoms with E-state index < -0.39 is 0 Å². The lowest BCUT2D eigenvalue weighted by atomic mass is 10.00. The minimum absolute atomic E-state index is 0.183. The van der Waals surface area contributed by atoms with E-state index in [1.54, 1.807) is 0 Å². The molecule has 0 aliphatic rings. The van der Waals surface area contributed by atoms with Gasteiger partial charge in [-0.15, -0.1) is 6.42 Å². The average Bonchev–Trinajstić information content (AvgIpc) is 2.26. The fourth-order valence-corrected chi connectivity index (χ4v) is 1.04. The van der Waals surface area contributed by atoms with E-state index in [1.807, 2.05) is 18.2 Å². The van der Waals surface area contributed by atoms with Crippen LogP contribution in [0.4, 0.5) is 0 Å². The van der Waals surface area contributed by atoms with Crippen LogP contribution in [0.1, 0.15) is 22.3 Å². The molecule has 0 aliphatic heterocycles. The summed E-state index contributed by atoms with van der Waals surface area (Å²) in [5, 5.41) is 26.1. The molecule has 0 radical (unpaired) electrons. The molecule has 0 aliphatic carbocycles. The monoisotopic (exact) mass is 177 g/mol. The van der Waals surface area contributed by atoms with Crippen molar-refractivity contribution in [1.82, 2.24) is 0 Å². The minimum atomic E-state index is 0.183. The van der Waals surface area contributed by atoms with Crippen molar-refractivity contribution in [3.63, 3.8) is 0 Å². The highest BCUT2D eigenvalue weighted by Crippen LogP contribution is 2.15. The van der Waals surface area contributed by atoms with Gasteiger partial charge < -0.3 is 0 Å². The number of benzene rings is 1. The molecule has 0 unspecified atom stereocenters. The van der Waals surface area contributed by atoms with Gasteiger partial charge in [0, 0.05) is 0 Å². The number of hydrogen-bond acceptors (Lipinski definition) is 3. The third kappa shape index (κ3) is 1.39. The predicted octanol–water partition coefficient (Wildman–Crippen LogP) is 1.28. The van der Waals surface area contributed by atoms with Crippen molar-refractivity contribution in [2.75, 3.05) is 0 Å². The molecule has 0 amide bonds. The molecule has 0 heterocycles. The maximum absolute atomic E-state index is 8.73. The molecule has 0 atom stereocenters. The summed E-state index contributed by atoms with van der Waals surface area (Å²) in [7, 11) is 0. The zero-order chi connectivity index (χ0) is 10.6. The van der Waals surface area contributed by atoms with E-state index >= 15 is 0 Å². The topological polar surface area (TPSA) is 71.4 Å². The lowest BCUT2D eigenvalue weighted by Crippen LogP contribution is -1.91. The lowest BCUT2D eigenvalue weighted by molar-refractivity contribution is 1.40. The molecule has 0 bridgehead atoms. The summed E-state index contributed by atoms with van der Waals surface area (Å²) in [4.78, 5) is 0. The standard InChI is InChI=1S/C11H3N3/c1-2-11-9(6-13)3-8(5-12)4-10(11)7-14/h1,3-4H. The summed E-state index contributed by atoms with van der Waals surface area (Å²) in [5.41, 5.74) is 0.873. The van der Waals surface area contributed by atoms with E-state index in [4.69, 9.17) is 22.2 Å². The first-order chi connectivity index (χ1) is 6.76. The molecule has 0 saturated heterocycles. The van der Waals surface area contributed by atoms with Gasteiger partial charge in [0.2, 0.25) is 0 Å². The predicted molar refractivity (Wildman–Crippen MR) is 48.5 cm³/mol. The highest BCUT2D eigenvalue weighted by Gasteiger charge is 2.08. The molecule has 1 aromatic rings. The second-order valence-corrected chi connectivity index (χ2v) is 2.43. The van der Waals surface area contributed by atoms with Crippen molar-refractivity contribution in [2.24, 2.45) is 0 Å². The summed E-state index contributed by atoms with van der Waals surface area (Å²) in [6, 6.07) is 8.30. The van der Waals surface area contributed by atoms with Gasteiger partial charge in [-0.25, -0.2) is 0 Å². The highest BCUT2D eigenvalue weighted by molar-refractivity contribution is 5.59. The molecule has 0 saturated carbocycles. The van der Waals surface area contributed by atoms with Crippen LogP contribution in [0, 0.1) is 46.3 Å². The Balaban J connectivity index is 3.65. The van der Waals surface area contributed by atoms with Gasteiger partial charge in [-0.3, -0.25) is 0 Å². The summed E-state index contributed by atoms with van der Waals surface area (Å²) in [5.74, 6) is 2.26. The Kier molecular flexibility index (Phi) is 2.52. The third-order valence-electron chi connectivity index (χ3n) is 1.65. The Morgan fingerprint density at radius 1 is 0.929 bits per heavy atom. The van der Waals surface area contributed by atoms with E-state index in [2.05, 4.69) is 5.92 Å². The van der Waals surface area contributed by atoms with Gasteiger partial charge in [0.25, 0.3) is 0 Å². The van der Waals surface area contributed by atoms with Crippen LogP contribution < -0.4 is 0 Å². The van der Waals surface area contributed by atoms with E-state index in [1.165, 1.54) is 12.1 Å². The summed E-state index contributed by atoms with van der Waals surface area (Å²) in [6.45, 7) is 0. The lowest BCUT2D eigenvalue weighted by Gasteiger charge is -1.98. The quantitative estimate of drug-likeness (QED) is 0.560. The molecular weight excluding hydrogens is 174 g/mol. The molecule has 0 fully saturated rings. The zero-order valence-corrected chi connectivity index (χ0v) is 7.07. The normalized spacial score (nSPS) is 7.71. The molecule has 62 valence electrons. The van der Waals surface area contributed by atoms with Crippen molar-refractivity contribution < 1.29 is 0 Å². The molecular formula is C11H3N3. The van der Waals surface area contributed by atoms with Gasteiger partial charge in [-0.05, 0) is 12.1 Å². The van der Waals surface area contributed by atoms with Crippen LogP contribution in [-0.2, 0) is 0 Å². The number of nitrogens with zero attached hydrogens (tertiary/aromatic N) is 3. The Hall–Kier alpha value is -2.75. The van der Waals surface area contributed by atoms with Crippen molar-refractivity contribution in [1.29, 1.82) is 15.8 Å². The number of nitriles is 3. The van der Waals surface area contributed by atoms with Crippen molar-refractivity contribution in [3.05, 3.63) is 34.4 Å². The first-order valence-electron chi connectivity index (χ1n) is 3.61. The van der Waals surface area contributed by atoms with Crippen LogP contribution in [0.5, 0.6) is 0 Å². The van der Waals surface area contributed by atoms with E-state index in [0.29, 0.717) is 0 Å². The third-order valence-corrected chi connectivity index (χ3v) is 1.65. The largest absolute Gasteiger partial charge is 0.192 e. The Bertz CT molecular complexity index is 507. The molecule has 3 nitrogen and oxygen atoms in total. The van der Waals surface area contributed by atoms with Gasteiger partial charge in [0.05, 0.1) is 28.3 Å². The summed E-state index contributed by atoms with van der Waals surface area (Å²) >= 11 is 0. The van der Waals surface area contributed by atoms with Crippen LogP contribution in [0.25, 0.3) is 0 Å². The van der Waals surface area contributed by atoms with Crippen LogP contribution in [0.3, 0.4) is 0 Å². The fourth-order valence-electron chi connectivity index (χ4n) is 1.04. The first kappa shape index (κ1) is 9.34. The van der Waals surface area contributed by atoms with E-state index in [-0.39, 0.29) is 22.3 Å². The van der Waals surface area contributed by atoms with Crippen LogP contribution >= 0.6 is 0 Å². The van der Waals surface area contributed by atoms with Gasteiger partial charge >= 0.3 is 0 Å². The van der Waals surface area contributed by atoms with Crippen molar-refractivity contribution >= 4 is 0 Å². The Morgan fingerprint density at radius 3 is 1.71 bits per heavy atom. The molecule has 1 rings (SSSR count). The minimum Gasteiger partial charge on any atom is -0.192 e. The number of terminal acetylenes is 1. The van der Waals surface area contributed by atoms with Gasteiger partial charge in [-0.1, -0.05) is 5.92 Å². The highest BCUT2D eigenvalue weighted by atomic mass is 14.3. The maximum Gasteiger partial charge on any atom is 0.101 e. The van der Waals surface area contributed by atoms with Crippen LogP contribution in [0.15, 0.2) is 12.1 Å². The van der Waals surface area contributed by atoms with Crippen molar-refractivity contribution in [2.45, 2.75) is 0 Å². The van der Waals surface area contributed by atoms with Crippen LogP contribution in [-0.4, -0.2) is 0 Å². The summed E-state index contributed by atoms with van der Waals surface area (Å²) < 4.78 is 0. The van der Waals surface area contributed by atoms with E-state index in [0.717, 1.165) is 0 Å².